The van der Waals surface area contributed by atoms with Crippen LogP contribution in [0.3, 0.4) is 0 Å². The van der Waals surface area contributed by atoms with Crippen LogP contribution in [0.4, 0.5) is 13.2 Å². The Morgan fingerprint density at radius 2 is 2.00 bits per heavy atom. The molecule has 0 unspecified atom stereocenters. The third kappa shape index (κ3) is 2.07. The second-order valence-electron chi connectivity index (χ2n) is 2.72. The molecule has 0 N–H and O–H groups in total. The highest BCUT2D eigenvalue weighted by molar-refractivity contribution is 6.31. The van der Waals surface area contributed by atoms with Crippen molar-refractivity contribution in [2.24, 2.45) is 0 Å². The Morgan fingerprint density at radius 3 is 2.43 bits per heavy atom. The maximum Gasteiger partial charge on any atom is 0.266 e. The van der Waals surface area contributed by atoms with Gasteiger partial charge in [-0.15, -0.1) is 0 Å². The highest BCUT2D eigenvalue weighted by Crippen LogP contribution is 2.28. The maximum atomic E-state index is 13.0. The van der Waals surface area contributed by atoms with Crippen LogP contribution in [-0.4, -0.2) is 5.78 Å². The molecule has 14 heavy (non-hydrogen) atoms. The average Bonchev–Trinajstić information content (AvgIpc) is 2.08. The molecule has 0 bridgehead atoms. The summed E-state index contributed by atoms with van der Waals surface area (Å²) < 4.78 is 37.5. The van der Waals surface area contributed by atoms with Gasteiger partial charge in [0.05, 0.1) is 10.6 Å². The largest absolute Gasteiger partial charge is 0.295 e. The molecular formula is C9H6ClF3O. The second-order valence-corrected chi connectivity index (χ2v) is 3.13. The summed E-state index contributed by atoms with van der Waals surface area (Å²) in [7, 11) is 0. The molecule has 0 aliphatic heterocycles. The van der Waals surface area contributed by atoms with Gasteiger partial charge in [-0.05, 0) is 19.1 Å². The lowest BCUT2D eigenvalue weighted by molar-refractivity contribution is 0.101. The summed E-state index contributed by atoms with van der Waals surface area (Å²) in [6, 6.07) is 1.85. The van der Waals surface area contributed by atoms with E-state index in [1.54, 1.807) is 0 Å². The highest BCUT2D eigenvalue weighted by atomic mass is 35.5. The summed E-state index contributed by atoms with van der Waals surface area (Å²) in [4.78, 5) is 10.9. The van der Waals surface area contributed by atoms with Crippen LogP contribution in [0.15, 0.2) is 12.1 Å². The van der Waals surface area contributed by atoms with E-state index in [0.29, 0.717) is 0 Å². The van der Waals surface area contributed by atoms with Gasteiger partial charge >= 0.3 is 0 Å². The van der Waals surface area contributed by atoms with Crippen LogP contribution in [0.2, 0.25) is 5.02 Å². The minimum Gasteiger partial charge on any atom is -0.295 e. The van der Waals surface area contributed by atoms with Crippen molar-refractivity contribution in [3.8, 4) is 0 Å². The van der Waals surface area contributed by atoms with E-state index in [1.165, 1.54) is 6.92 Å². The molecule has 0 atom stereocenters. The topological polar surface area (TPSA) is 17.1 Å². The maximum absolute atomic E-state index is 13.0. The molecular weight excluding hydrogens is 217 g/mol. The summed E-state index contributed by atoms with van der Waals surface area (Å²) in [5, 5.41) is -0.465. The van der Waals surface area contributed by atoms with Gasteiger partial charge in [-0.3, -0.25) is 4.79 Å². The Hall–Kier alpha value is -1.03. The Balaban J connectivity index is 3.35. The van der Waals surface area contributed by atoms with E-state index >= 15 is 0 Å². The molecule has 5 heteroatoms. The molecule has 1 nitrogen and oxygen atoms in total. The van der Waals surface area contributed by atoms with E-state index in [4.69, 9.17) is 11.6 Å². The molecule has 0 radical (unpaired) electrons. The number of carbonyl (C=O) groups excluding carboxylic acids is 1. The van der Waals surface area contributed by atoms with Gasteiger partial charge in [-0.1, -0.05) is 11.6 Å². The van der Waals surface area contributed by atoms with Gasteiger partial charge in [-0.2, -0.15) is 0 Å². The number of hydrogen-bond acceptors (Lipinski definition) is 1. The molecule has 0 spiro atoms. The first-order valence-corrected chi connectivity index (χ1v) is 4.09. The van der Waals surface area contributed by atoms with Gasteiger partial charge in [-0.25, -0.2) is 13.2 Å². The number of Topliss-reactive ketones (excluding diaryl/α,β-unsaturated/α-hetero) is 1. The normalized spacial score (nSPS) is 10.7. The molecule has 1 aromatic carbocycles. The zero-order valence-corrected chi connectivity index (χ0v) is 7.91. The number of halogens is 4. The number of benzene rings is 1. The van der Waals surface area contributed by atoms with E-state index in [2.05, 4.69) is 0 Å². The lowest BCUT2D eigenvalue weighted by Crippen LogP contribution is -1.99. The molecule has 0 aromatic heterocycles. The predicted molar refractivity (Wildman–Crippen MR) is 46.4 cm³/mol. The number of alkyl halides is 2. The fraction of sp³-hybridized carbons (Fsp3) is 0.222. The minimum atomic E-state index is -2.98. The van der Waals surface area contributed by atoms with Crippen LogP contribution in [0.25, 0.3) is 0 Å². The van der Waals surface area contributed by atoms with Crippen LogP contribution >= 0.6 is 11.6 Å². The molecule has 1 rings (SSSR count). The number of rotatable bonds is 2. The summed E-state index contributed by atoms with van der Waals surface area (Å²) in [5.74, 6) is -1.61. The fourth-order valence-electron chi connectivity index (χ4n) is 0.972. The molecule has 0 saturated heterocycles. The Kier molecular flexibility index (Phi) is 3.16. The van der Waals surface area contributed by atoms with E-state index in [9.17, 15) is 18.0 Å². The zero-order valence-electron chi connectivity index (χ0n) is 7.15. The van der Waals surface area contributed by atoms with Gasteiger partial charge < -0.3 is 0 Å². The Morgan fingerprint density at radius 1 is 1.43 bits per heavy atom. The summed E-state index contributed by atoms with van der Waals surface area (Å²) in [6.07, 6.45) is -2.98. The van der Waals surface area contributed by atoms with Gasteiger partial charge in [0.15, 0.2) is 11.6 Å². The van der Waals surface area contributed by atoms with Crippen molar-refractivity contribution in [2.45, 2.75) is 13.3 Å². The standard InChI is InChI=1S/C9H6ClF3O/c1-4(14)5-2-6(9(12)13)8(11)7(10)3-5/h2-3,9H,1H3. The smallest absolute Gasteiger partial charge is 0.266 e. The molecule has 0 fully saturated rings. The van der Waals surface area contributed by atoms with Crippen molar-refractivity contribution in [1.29, 1.82) is 0 Å². The molecule has 1 aromatic rings. The van der Waals surface area contributed by atoms with Crippen molar-refractivity contribution in [2.75, 3.05) is 0 Å². The van der Waals surface area contributed by atoms with Crippen molar-refractivity contribution in [3.05, 3.63) is 34.1 Å². The minimum absolute atomic E-state index is 0.0216. The second kappa shape index (κ2) is 4.00. The van der Waals surface area contributed by atoms with Crippen LogP contribution < -0.4 is 0 Å². The van der Waals surface area contributed by atoms with E-state index < -0.39 is 28.6 Å². The van der Waals surface area contributed by atoms with Gasteiger partial charge in [0.25, 0.3) is 6.43 Å². The first-order chi connectivity index (χ1) is 6.43. The van der Waals surface area contributed by atoms with Crippen molar-refractivity contribution < 1.29 is 18.0 Å². The highest BCUT2D eigenvalue weighted by Gasteiger charge is 2.18. The lowest BCUT2D eigenvalue weighted by atomic mass is 10.1. The van der Waals surface area contributed by atoms with Crippen LogP contribution in [0, 0.1) is 5.82 Å². The van der Waals surface area contributed by atoms with Crippen molar-refractivity contribution in [3.63, 3.8) is 0 Å². The third-order valence-corrected chi connectivity index (χ3v) is 1.97. The van der Waals surface area contributed by atoms with E-state index in [0.717, 1.165) is 12.1 Å². The predicted octanol–water partition coefficient (Wildman–Crippen LogP) is 3.62. The Labute approximate surface area is 83.5 Å². The van der Waals surface area contributed by atoms with Crippen LogP contribution in [0.5, 0.6) is 0 Å². The quantitative estimate of drug-likeness (QED) is 0.699. The van der Waals surface area contributed by atoms with E-state index in [-0.39, 0.29) is 5.56 Å². The summed E-state index contributed by atoms with van der Waals surface area (Å²) in [5.41, 5.74) is -0.866. The monoisotopic (exact) mass is 222 g/mol. The molecule has 0 amide bonds. The first-order valence-electron chi connectivity index (χ1n) is 3.71. The zero-order chi connectivity index (χ0) is 10.9. The first kappa shape index (κ1) is 11.0. The number of ketones is 1. The lowest BCUT2D eigenvalue weighted by Gasteiger charge is -2.05. The van der Waals surface area contributed by atoms with Crippen molar-refractivity contribution >= 4 is 17.4 Å². The number of hydrogen-bond donors (Lipinski definition) is 0. The Bertz CT molecular complexity index is 377. The third-order valence-electron chi connectivity index (χ3n) is 1.70. The van der Waals surface area contributed by atoms with E-state index in [1.807, 2.05) is 0 Å². The van der Waals surface area contributed by atoms with Crippen LogP contribution in [-0.2, 0) is 0 Å². The number of carbonyl (C=O) groups is 1. The van der Waals surface area contributed by atoms with Gasteiger partial charge in [0.2, 0.25) is 0 Å². The molecule has 0 aliphatic rings. The summed E-state index contributed by atoms with van der Waals surface area (Å²) in [6.45, 7) is 1.19. The SMILES string of the molecule is CC(=O)c1cc(Cl)c(F)c(C(F)F)c1. The van der Waals surface area contributed by atoms with Gasteiger partial charge in [0.1, 0.15) is 0 Å². The average molecular weight is 223 g/mol. The van der Waals surface area contributed by atoms with Crippen LogP contribution in [0.1, 0.15) is 29.3 Å². The molecule has 0 heterocycles. The summed E-state index contributed by atoms with van der Waals surface area (Å²) >= 11 is 5.35. The fourth-order valence-corrected chi connectivity index (χ4v) is 1.20. The molecule has 76 valence electrons. The van der Waals surface area contributed by atoms with Gasteiger partial charge in [0, 0.05) is 5.56 Å². The van der Waals surface area contributed by atoms with Crippen molar-refractivity contribution in [1.82, 2.24) is 0 Å². The molecule has 0 aliphatic carbocycles. The molecule has 0 saturated carbocycles.